The minimum atomic E-state index is -4.96. The van der Waals surface area contributed by atoms with Crippen LogP contribution in [-0.4, -0.2) is 55.7 Å². The number of alkyl halides is 3. The van der Waals surface area contributed by atoms with Crippen molar-refractivity contribution in [1.29, 1.82) is 0 Å². The summed E-state index contributed by atoms with van der Waals surface area (Å²) in [7, 11) is 0. The first-order chi connectivity index (χ1) is 14.6. The molecule has 3 atom stereocenters. The van der Waals surface area contributed by atoms with Crippen molar-refractivity contribution < 1.29 is 31.9 Å². The number of amides is 1. The normalized spacial score (nSPS) is 22.8. The highest BCUT2D eigenvalue weighted by atomic mass is 19.4. The molecule has 0 aliphatic carbocycles. The van der Waals surface area contributed by atoms with Crippen LogP contribution < -0.4 is 5.73 Å². The van der Waals surface area contributed by atoms with E-state index in [4.69, 9.17) is 5.73 Å². The summed E-state index contributed by atoms with van der Waals surface area (Å²) >= 11 is 0. The molecule has 1 amide bonds. The van der Waals surface area contributed by atoms with Gasteiger partial charge in [-0.2, -0.15) is 13.2 Å². The second-order valence-electron chi connectivity index (χ2n) is 7.40. The van der Waals surface area contributed by atoms with Crippen LogP contribution >= 0.6 is 0 Å². The molecule has 3 heterocycles. The van der Waals surface area contributed by atoms with Gasteiger partial charge in [-0.3, -0.25) is 24.0 Å². The van der Waals surface area contributed by atoms with Crippen molar-refractivity contribution in [3.63, 3.8) is 0 Å². The van der Waals surface area contributed by atoms with Gasteiger partial charge < -0.3 is 10.5 Å². The number of carbonyl (C=O) groups is 3. The molecule has 0 radical (unpaired) electrons. The van der Waals surface area contributed by atoms with E-state index in [1.165, 1.54) is 23.2 Å². The number of carbonyl (C=O) groups excluding carboxylic acids is 3. The van der Waals surface area contributed by atoms with Crippen LogP contribution in [0.3, 0.4) is 0 Å². The quantitative estimate of drug-likeness (QED) is 0.558. The number of hydrogen-bond donors (Lipinski definition) is 1. The first-order valence-corrected chi connectivity index (χ1v) is 9.29. The van der Waals surface area contributed by atoms with Gasteiger partial charge in [0.2, 0.25) is 5.91 Å². The molecule has 0 saturated heterocycles. The Hall–Kier alpha value is -3.12. The van der Waals surface area contributed by atoms with Crippen molar-refractivity contribution in [3.8, 4) is 0 Å². The maximum atomic E-state index is 14.5. The fourth-order valence-electron chi connectivity index (χ4n) is 4.29. The lowest BCUT2D eigenvalue weighted by Gasteiger charge is -2.43. The summed E-state index contributed by atoms with van der Waals surface area (Å²) in [6.07, 6.45) is -3.98. The number of benzene rings is 1. The van der Waals surface area contributed by atoms with Crippen LogP contribution in [0.1, 0.15) is 34.3 Å². The van der Waals surface area contributed by atoms with E-state index in [9.17, 15) is 31.9 Å². The molecule has 31 heavy (non-hydrogen) atoms. The molecule has 0 fully saturated rings. The molecule has 164 valence electrons. The summed E-state index contributed by atoms with van der Waals surface area (Å²) in [6, 6.07) is 0.161. The number of primary amides is 1. The third-order valence-electron chi connectivity index (χ3n) is 5.55. The van der Waals surface area contributed by atoms with Gasteiger partial charge in [0.05, 0.1) is 18.8 Å². The third kappa shape index (κ3) is 3.51. The maximum absolute atomic E-state index is 14.5. The molecule has 1 aromatic heterocycles. The lowest BCUT2D eigenvalue weighted by atomic mass is 10.0. The topological polar surface area (TPSA) is 102 Å². The average molecular weight is 439 g/mol. The molecule has 0 spiro atoms. The summed E-state index contributed by atoms with van der Waals surface area (Å²) in [4.78, 5) is 42.0. The van der Waals surface area contributed by atoms with Gasteiger partial charge in [-0.25, -0.2) is 9.37 Å². The molecule has 2 aliphatic rings. The number of nitrogens with two attached hydrogens (primary N) is 1. The van der Waals surface area contributed by atoms with E-state index in [0.717, 1.165) is 21.7 Å². The Morgan fingerprint density at radius 1 is 1.32 bits per heavy atom. The fourth-order valence-corrected chi connectivity index (χ4v) is 4.29. The molecule has 2 aromatic rings. The number of nitrogens with zero attached hydrogens (tertiary/aromatic N) is 4. The van der Waals surface area contributed by atoms with Gasteiger partial charge in [0.15, 0.2) is 6.04 Å². The molecule has 12 heteroatoms. The highest BCUT2D eigenvalue weighted by Crippen LogP contribution is 2.44. The van der Waals surface area contributed by atoms with Crippen LogP contribution in [0.4, 0.5) is 17.6 Å². The molecule has 4 rings (SSSR count). The Kier molecular flexibility index (Phi) is 5.13. The molecular formula is C19H17F4N5O3. The summed E-state index contributed by atoms with van der Waals surface area (Å²) in [6.45, 7) is -0.616. The predicted octanol–water partition coefficient (Wildman–Crippen LogP) is 1.37. The van der Waals surface area contributed by atoms with Crippen LogP contribution in [0.2, 0.25) is 0 Å². The van der Waals surface area contributed by atoms with Gasteiger partial charge in [0.25, 0.3) is 5.91 Å². The molecule has 0 saturated carbocycles. The fraction of sp³-hybridized carbons (Fsp3) is 0.368. The zero-order valence-corrected chi connectivity index (χ0v) is 15.9. The predicted molar refractivity (Wildman–Crippen MR) is 96.6 cm³/mol. The van der Waals surface area contributed by atoms with Crippen LogP contribution in [0.5, 0.6) is 0 Å². The summed E-state index contributed by atoms with van der Waals surface area (Å²) in [5, 5.41) is 0. The van der Waals surface area contributed by atoms with Crippen LogP contribution in [0.25, 0.3) is 0 Å². The van der Waals surface area contributed by atoms with E-state index < -0.39 is 48.5 Å². The first-order valence-electron chi connectivity index (χ1n) is 9.29. The zero-order valence-electron chi connectivity index (χ0n) is 15.9. The van der Waals surface area contributed by atoms with E-state index >= 15 is 0 Å². The van der Waals surface area contributed by atoms with Crippen molar-refractivity contribution in [2.45, 2.75) is 43.9 Å². The van der Waals surface area contributed by atoms with Crippen LogP contribution in [0.15, 0.2) is 30.6 Å². The monoisotopic (exact) mass is 439 g/mol. The second kappa shape index (κ2) is 7.54. The van der Waals surface area contributed by atoms with E-state index in [-0.39, 0.29) is 30.0 Å². The number of halogens is 4. The van der Waals surface area contributed by atoms with E-state index in [0.29, 0.717) is 6.29 Å². The van der Waals surface area contributed by atoms with Crippen molar-refractivity contribution in [2.75, 3.05) is 0 Å². The van der Waals surface area contributed by atoms with E-state index in [1.54, 1.807) is 0 Å². The van der Waals surface area contributed by atoms with Crippen molar-refractivity contribution >= 4 is 18.1 Å². The number of aldehydes is 1. The average Bonchev–Trinajstić information content (AvgIpc) is 3.30. The van der Waals surface area contributed by atoms with Gasteiger partial charge in [0.1, 0.15) is 17.9 Å². The molecule has 2 N–H and O–H groups in total. The lowest BCUT2D eigenvalue weighted by Crippen LogP contribution is -2.59. The molecule has 2 aliphatic heterocycles. The van der Waals surface area contributed by atoms with Gasteiger partial charge in [0, 0.05) is 30.9 Å². The minimum Gasteiger partial charge on any atom is -0.370 e. The number of hydrogen-bond acceptors (Lipinski definition) is 6. The van der Waals surface area contributed by atoms with Crippen molar-refractivity contribution in [2.24, 2.45) is 5.73 Å². The number of imidazole rings is 1. The van der Waals surface area contributed by atoms with Gasteiger partial charge in [-0.15, -0.1) is 0 Å². The summed E-state index contributed by atoms with van der Waals surface area (Å²) in [5.74, 6) is -2.69. The number of fused-ring (bicyclic) bond motifs is 2. The van der Waals surface area contributed by atoms with E-state index in [1.807, 2.05) is 0 Å². The summed E-state index contributed by atoms with van der Waals surface area (Å²) < 4.78 is 57.5. The summed E-state index contributed by atoms with van der Waals surface area (Å²) in [5.41, 5.74) is 5.47. The lowest BCUT2D eigenvalue weighted by molar-refractivity contribution is -0.192. The van der Waals surface area contributed by atoms with Crippen LogP contribution in [-0.2, 0) is 22.7 Å². The SMILES string of the molecule is NC(=O)CC(C=O)N1Cc2c(F)cccc2C1N1Cc2nccn2C(=O)C1C(F)(F)F. The standard InChI is InChI=1S/C19H17F4N5O3/c20-13-3-1-2-11-12(13)7-27(10(9-29)6-14(24)30)17(11)28-8-15-25-4-5-26(15)18(31)16(28)19(21,22)23/h1-5,9-10,16-17H,6-8H2,(H2,24,30). The number of rotatable bonds is 5. The van der Waals surface area contributed by atoms with Crippen molar-refractivity contribution in [3.05, 3.63) is 53.4 Å². The Bertz CT molecular complexity index is 1050. The second-order valence-corrected chi connectivity index (χ2v) is 7.40. The highest BCUT2D eigenvalue weighted by molar-refractivity contribution is 5.86. The van der Waals surface area contributed by atoms with E-state index in [2.05, 4.69) is 4.98 Å². The Labute approximate surface area is 173 Å². The van der Waals surface area contributed by atoms with Gasteiger partial charge >= 0.3 is 6.18 Å². The molecular weight excluding hydrogens is 422 g/mol. The third-order valence-corrected chi connectivity index (χ3v) is 5.55. The molecule has 1 aromatic carbocycles. The molecule has 0 bridgehead atoms. The van der Waals surface area contributed by atoms with Crippen LogP contribution in [0, 0.1) is 5.82 Å². The minimum absolute atomic E-state index is 0.0767. The van der Waals surface area contributed by atoms with Gasteiger partial charge in [-0.1, -0.05) is 12.1 Å². The smallest absolute Gasteiger partial charge is 0.370 e. The first kappa shape index (κ1) is 21.1. The maximum Gasteiger partial charge on any atom is 0.413 e. The van der Waals surface area contributed by atoms with Gasteiger partial charge in [-0.05, 0) is 11.6 Å². The zero-order chi connectivity index (χ0) is 22.5. The molecule has 3 unspecified atom stereocenters. The Morgan fingerprint density at radius 3 is 2.71 bits per heavy atom. The highest BCUT2D eigenvalue weighted by Gasteiger charge is 2.56. The largest absolute Gasteiger partial charge is 0.413 e. The number of aromatic nitrogens is 2. The molecule has 8 nitrogen and oxygen atoms in total. The van der Waals surface area contributed by atoms with Crippen molar-refractivity contribution in [1.82, 2.24) is 19.4 Å². The Morgan fingerprint density at radius 2 is 2.06 bits per heavy atom. The Balaban J connectivity index is 1.87.